The average molecular weight is 368 g/mol. The minimum atomic E-state index is -3.72. The molecule has 0 atom stereocenters. The summed E-state index contributed by atoms with van der Waals surface area (Å²) in [7, 11) is -2.01. The van der Waals surface area contributed by atoms with Gasteiger partial charge in [0.2, 0.25) is 10.0 Å². The molecule has 0 saturated carbocycles. The van der Waals surface area contributed by atoms with E-state index in [0.29, 0.717) is 29.4 Å². The molecule has 1 aliphatic heterocycles. The fourth-order valence-corrected chi connectivity index (χ4v) is 3.92. The summed E-state index contributed by atoms with van der Waals surface area (Å²) in [5.41, 5.74) is 1.09. The topological polar surface area (TPSA) is 71.4 Å². The second kappa shape index (κ2) is 6.58. The zero-order valence-corrected chi connectivity index (χ0v) is 14.8. The third-order valence-corrected chi connectivity index (χ3v) is 5.79. The van der Waals surface area contributed by atoms with E-state index >= 15 is 0 Å². The Bertz CT molecular complexity index is 876. The first kappa shape index (κ1) is 17.0. The molecule has 0 radical (unpaired) electrons. The number of nitrogens with one attached hydrogen (secondary N) is 1. The Morgan fingerprint density at radius 2 is 2.00 bits per heavy atom. The number of hydrogen-bond acceptors (Lipinski definition) is 3. The molecule has 0 saturated heterocycles. The van der Waals surface area contributed by atoms with Gasteiger partial charge in [0.25, 0.3) is 5.91 Å². The SMILES string of the molecule is CN1CCCn2cc(S(=O)(=O)NCc3ccccc3Cl)cc2C1=O. The van der Waals surface area contributed by atoms with Crippen molar-refractivity contribution in [2.75, 3.05) is 13.6 Å². The van der Waals surface area contributed by atoms with Crippen molar-refractivity contribution in [2.45, 2.75) is 24.4 Å². The van der Waals surface area contributed by atoms with Crippen LogP contribution in [0, 0.1) is 0 Å². The molecule has 3 rings (SSSR count). The maximum atomic E-state index is 12.5. The molecule has 0 spiro atoms. The van der Waals surface area contributed by atoms with E-state index in [1.54, 1.807) is 40.8 Å². The summed E-state index contributed by atoms with van der Waals surface area (Å²) in [6.07, 6.45) is 2.30. The van der Waals surface area contributed by atoms with Crippen LogP contribution < -0.4 is 4.72 Å². The standard InChI is InChI=1S/C16H18ClN3O3S/c1-19-7-4-8-20-11-13(9-15(20)16(19)21)24(22,23)18-10-12-5-2-3-6-14(12)17/h2-3,5-6,9,11,18H,4,7-8,10H2,1H3. The largest absolute Gasteiger partial charge is 0.342 e. The second-order valence-electron chi connectivity index (χ2n) is 5.75. The highest BCUT2D eigenvalue weighted by Crippen LogP contribution is 2.20. The molecule has 1 aromatic heterocycles. The number of sulfonamides is 1. The van der Waals surface area contributed by atoms with Crippen LogP contribution in [-0.4, -0.2) is 37.4 Å². The Morgan fingerprint density at radius 3 is 2.75 bits per heavy atom. The monoisotopic (exact) mass is 367 g/mol. The molecule has 0 bridgehead atoms. The molecule has 24 heavy (non-hydrogen) atoms. The van der Waals surface area contributed by atoms with Gasteiger partial charge in [0.05, 0.1) is 0 Å². The van der Waals surface area contributed by atoms with Gasteiger partial charge in [0.1, 0.15) is 10.6 Å². The van der Waals surface area contributed by atoms with E-state index in [-0.39, 0.29) is 17.3 Å². The number of rotatable bonds is 4. The molecule has 1 N–H and O–H groups in total. The molecule has 6 nitrogen and oxygen atoms in total. The Labute approximate surface area is 146 Å². The van der Waals surface area contributed by atoms with E-state index in [1.807, 2.05) is 0 Å². The van der Waals surface area contributed by atoms with Crippen molar-refractivity contribution in [3.63, 3.8) is 0 Å². The smallest absolute Gasteiger partial charge is 0.270 e. The molecule has 0 unspecified atom stereocenters. The molecule has 8 heteroatoms. The van der Waals surface area contributed by atoms with Gasteiger partial charge in [-0.25, -0.2) is 13.1 Å². The van der Waals surface area contributed by atoms with Gasteiger partial charge in [-0.2, -0.15) is 0 Å². The molecule has 128 valence electrons. The molecule has 1 aliphatic rings. The lowest BCUT2D eigenvalue weighted by molar-refractivity contribution is 0.0796. The van der Waals surface area contributed by atoms with Gasteiger partial charge >= 0.3 is 0 Å². The normalized spacial score (nSPS) is 15.2. The number of amides is 1. The summed E-state index contributed by atoms with van der Waals surface area (Å²) in [5.74, 6) is -0.167. The lowest BCUT2D eigenvalue weighted by Crippen LogP contribution is -2.26. The Morgan fingerprint density at radius 1 is 1.25 bits per heavy atom. The number of hydrogen-bond donors (Lipinski definition) is 1. The number of carbonyl (C=O) groups excluding carboxylic acids is 1. The maximum Gasteiger partial charge on any atom is 0.270 e. The van der Waals surface area contributed by atoms with E-state index in [9.17, 15) is 13.2 Å². The summed E-state index contributed by atoms with van der Waals surface area (Å²) in [5, 5.41) is 0.504. The van der Waals surface area contributed by atoms with Crippen molar-refractivity contribution in [2.24, 2.45) is 0 Å². The summed E-state index contributed by atoms with van der Waals surface area (Å²) in [6.45, 7) is 1.37. The van der Waals surface area contributed by atoms with Gasteiger partial charge in [0, 0.05) is 37.9 Å². The van der Waals surface area contributed by atoms with Crippen LogP contribution in [0.3, 0.4) is 0 Å². The van der Waals surface area contributed by atoms with Crippen molar-refractivity contribution >= 4 is 27.5 Å². The van der Waals surface area contributed by atoms with E-state index in [2.05, 4.69) is 4.72 Å². The zero-order chi connectivity index (χ0) is 17.3. The summed E-state index contributed by atoms with van der Waals surface area (Å²) < 4.78 is 29.3. The minimum Gasteiger partial charge on any atom is -0.342 e. The number of carbonyl (C=O) groups is 1. The lowest BCUT2D eigenvalue weighted by atomic mass is 10.2. The van der Waals surface area contributed by atoms with Crippen molar-refractivity contribution in [3.05, 3.63) is 52.8 Å². The molecular formula is C16H18ClN3O3S. The van der Waals surface area contributed by atoms with Crippen LogP contribution in [0.2, 0.25) is 5.02 Å². The number of benzene rings is 1. The van der Waals surface area contributed by atoms with Crippen LogP contribution in [0.5, 0.6) is 0 Å². The van der Waals surface area contributed by atoms with Gasteiger partial charge in [-0.15, -0.1) is 0 Å². The van der Waals surface area contributed by atoms with Crippen LogP contribution in [-0.2, 0) is 23.1 Å². The third kappa shape index (κ3) is 3.33. The quantitative estimate of drug-likeness (QED) is 0.899. The van der Waals surface area contributed by atoms with E-state index in [1.165, 1.54) is 12.3 Å². The van der Waals surface area contributed by atoms with Crippen LogP contribution in [0.15, 0.2) is 41.4 Å². The zero-order valence-electron chi connectivity index (χ0n) is 13.2. The first-order chi connectivity index (χ1) is 11.4. The molecule has 2 heterocycles. The maximum absolute atomic E-state index is 12.5. The van der Waals surface area contributed by atoms with Crippen molar-refractivity contribution in [1.29, 1.82) is 0 Å². The molecule has 2 aromatic rings. The van der Waals surface area contributed by atoms with Gasteiger partial charge in [-0.05, 0) is 24.1 Å². The first-order valence-electron chi connectivity index (χ1n) is 7.57. The van der Waals surface area contributed by atoms with Gasteiger partial charge in [-0.3, -0.25) is 4.79 Å². The van der Waals surface area contributed by atoms with Gasteiger partial charge in [-0.1, -0.05) is 29.8 Å². The van der Waals surface area contributed by atoms with Crippen LogP contribution in [0.25, 0.3) is 0 Å². The summed E-state index contributed by atoms with van der Waals surface area (Å²) in [4.78, 5) is 14.0. The first-order valence-corrected chi connectivity index (χ1v) is 9.43. The predicted octanol–water partition coefficient (Wildman–Crippen LogP) is 2.10. The predicted molar refractivity (Wildman–Crippen MR) is 91.5 cm³/mol. The molecule has 0 aliphatic carbocycles. The number of nitrogens with zero attached hydrogens (tertiary/aromatic N) is 2. The molecule has 1 aromatic carbocycles. The summed E-state index contributed by atoms with van der Waals surface area (Å²) >= 11 is 6.05. The highest BCUT2D eigenvalue weighted by Gasteiger charge is 2.25. The molecule has 0 fully saturated rings. The van der Waals surface area contributed by atoms with Gasteiger partial charge in [0.15, 0.2) is 0 Å². The fraction of sp³-hybridized carbons (Fsp3) is 0.312. The molecule has 1 amide bonds. The summed E-state index contributed by atoms with van der Waals surface area (Å²) in [6, 6.07) is 8.48. The Hall–Kier alpha value is -1.83. The van der Waals surface area contributed by atoms with Crippen molar-refractivity contribution < 1.29 is 13.2 Å². The third-order valence-electron chi connectivity index (χ3n) is 4.05. The Kier molecular flexibility index (Phi) is 4.67. The number of fused-ring (bicyclic) bond motifs is 1. The highest BCUT2D eigenvalue weighted by atomic mass is 35.5. The average Bonchev–Trinajstić information content (AvgIpc) is 2.93. The number of aromatic nitrogens is 1. The van der Waals surface area contributed by atoms with Crippen molar-refractivity contribution in [3.8, 4) is 0 Å². The highest BCUT2D eigenvalue weighted by molar-refractivity contribution is 7.89. The van der Waals surface area contributed by atoms with Crippen LogP contribution in [0.1, 0.15) is 22.5 Å². The van der Waals surface area contributed by atoms with E-state index in [0.717, 1.165) is 6.42 Å². The Balaban J connectivity index is 1.83. The number of halogens is 1. The van der Waals surface area contributed by atoms with Crippen LogP contribution >= 0.6 is 11.6 Å². The van der Waals surface area contributed by atoms with E-state index in [4.69, 9.17) is 11.6 Å². The second-order valence-corrected chi connectivity index (χ2v) is 7.92. The molecular weight excluding hydrogens is 350 g/mol. The van der Waals surface area contributed by atoms with Crippen LogP contribution in [0.4, 0.5) is 0 Å². The van der Waals surface area contributed by atoms with Crippen molar-refractivity contribution in [1.82, 2.24) is 14.2 Å². The fourth-order valence-electron chi connectivity index (χ4n) is 2.67. The lowest BCUT2D eigenvalue weighted by Gasteiger charge is -2.12. The van der Waals surface area contributed by atoms with Gasteiger partial charge < -0.3 is 9.47 Å². The van der Waals surface area contributed by atoms with E-state index < -0.39 is 10.0 Å². The number of aryl methyl sites for hydroxylation is 1. The minimum absolute atomic E-state index is 0.0909.